The van der Waals surface area contributed by atoms with Crippen molar-refractivity contribution in [3.8, 4) is 0 Å². The van der Waals surface area contributed by atoms with Crippen molar-refractivity contribution in [3.63, 3.8) is 0 Å². The number of carbonyl (C=O) groups excluding carboxylic acids is 1. The van der Waals surface area contributed by atoms with Gasteiger partial charge in [-0.05, 0) is 18.4 Å². The van der Waals surface area contributed by atoms with E-state index >= 15 is 0 Å². The van der Waals surface area contributed by atoms with Crippen molar-refractivity contribution < 1.29 is 9.90 Å². The van der Waals surface area contributed by atoms with Crippen LogP contribution in [0.1, 0.15) is 45.1 Å². The number of ketones is 1. The second kappa shape index (κ2) is 5.80. The number of rotatable bonds is 1. The van der Waals surface area contributed by atoms with Crippen LogP contribution in [-0.2, 0) is 10.4 Å². The third-order valence-electron chi connectivity index (χ3n) is 2.95. The van der Waals surface area contributed by atoms with Crippen molar-refractivity contribution in [1.29, 1.82) is 0 Å². The molecular weight excluding hydrogens is 200 g/mol. The van der Waals surface area contributed by atoms with Gasteiger partial charge in [0.05, 0.1) is 5.60 Å². The van der Waals surface area contributed by atoms with Crippen molar-refractivity contribution in [2.75, 3.05) is 0 Å². The van der Waals surface area contributed by atoms with E-state index in [-0.39, 0.29) is 5.78 Å². The molecule has 0 radical (unpaired) electrons. The summed E-state index contributed by atoms with van der Waals surface area (Å²) >= 11 is 0. The quantitative estimate of drug-likeness (QED) is 0.789. The predicted molar refractivity (Wildman–Crippen MR) is 65.2 cm³/mol. The fourth-order valence-corrected chi connectivity index (χ4v) is 1.98. The molecule has 1 aromatic rings. The van der Waals surface area contributed by atoms with Gasteiger partial charge in [-0.25, -0.2) is 0 Å². The molecule has 2 nitrogen and oxygen atoms in total. The second-order valence-corrected chi connectivity index (χ2v) is 3.94. The largest absolute Gasteiger partial charge is 0.385 e. The Morgan fingerprint density at radius 3 is 2.06 bits per heavy atom. The fourth-order valence-electron chi connectivity index (χ4n) is 1.98. The summed E-state index contributed by atoms with van der Waals surface area (Å²) in [4.78, 5) is 11.1. The van der Waals surface area contributed by atoms with E-state index in [1.807, 2.05) is 44.2 Å². The highest BCUT2D eigenvalue weighted by Crippen LogP contribution is 2.35. The number of carbonyl (C=O) groups is 1. The van der Waals surface area contributed by atoms with E-state index in [1.165, 1.54) is 0 Å². The molecule has 0 aliphatic heterocycles. The van der Waals surface area contributed by atoms with Crippen LogP contribution >= 0.6 is 0 Å². The average Bonchev–Trinajstić information content (AvgIpc) is 2.37. The van der Waals surface area contributed by atoms with Crippen LogP contribution in [0, 0.1) is 0 Å². The molecule has 1 aliphatic rings. The molecule has 88 valence electrons. The van der Waals surface area contributed by atoms with Gasteiger partial charge in [-0.2, -0.15) is 0 Å². The highest BCUT2D eigenvalue weighted by atomic mass is 16.3. The molecule has 0 unspecified atom stereocenters. The van der Waals surface area contributed by atoms with Gasteiger partial charge in [0.2, 0.25) is 0 Å². The van der Waals surface area contributed by atoms with Gasteiger partial charge >= 0.3 is 0 Å². The Hall–Kier alpha value is -1.15. The van der Waals surface area contributed by atoms with Gasteiger partial charge in [0, 0.05) is 12.8 Å². The molecule has 1 aromatic carbocycles. The molecular formula is C14H20O2. The maximum atomic E-state index is 11.1. The van der Waals surface area contributed by atoms with Gasteiger partial charge < -0.3 is 5.11 Å². The topological polar surface area (TPSA) is 37.3 Å². The smallest absolute Gasteiger partial charge is 0.133 e. The second-order valence-electron chi connectivity index (χ2n) is 3.94. The highest BCUT2D eigenvalue weighted by Gasteiger charge is 2.33. The van der Waals surface area contributed by atoms with E-state index < -0.39 is 5.60 Å². The van der Waals surface area contributed by atoms with E-state index in [2.05, 4.69) is 0 Å². The Bertz CT molecular complexity index is 320. The standard InChI is InChI=1S/C12H14O2.C2H6/c13-11-6-8-12(14,9-7-11)10-4-2-1-3-5-10;1-2/h1-5,14H,6-9H2;1-2H3. The van der Waals surface area contributed by atoms with Crippen molar-refractivity contribution in [3.05, 3.63) is 35.9 Å². The summed E-state index contributed by atoms with van der Waals surface area (Å²) in [5.74, 6) is 0.269. The van der Waals surface area contributed by atoms with Crippen LogP contribution in [0.4, 0.5) is 0 Å². The molecule has 1 fully saturated rings. The average molecular weight is 220 g/mol. The SMILES string of the molecule is CC.O=C1CCC(O)(c2ccccc2)CC1. The zero-order valence-electron chi connectivity index (χ0n) is 10.1. The highest BCUT2D eigenvalue weighted by molar-refractivity contribution is 5.79. The minimum atomic E-state index is -0.769. The lowest BCUT2D eigenvalue weighted by atomic mass is 9.79. The number of aliphatic hydroxyl groups is 1. The number of hydrogen-bond acceptors (Lipinski definition) is 2. The molecule has 1 N–H and O–H groups in total. The van der Waals surface area contributed by atoms with Crippen LogP contribution in [-0.4, -0.2) is 10.9 Å². The first-order valence-corrected chi connectivity index (χ1v) is 6.00. The van der Waals surface area contributed by atoms with Gasteiger partial charge in [0.25, 0.3) is 0 Å². The van der Waals surface area contributed by atoms with Gasteiger partial charge in [0.1, 0.15) is 5.78 Å². The zero-order chi connectivity index (χ0) is 12.0. The van der Waals surface area contributed by atoms with Crippen LogP contribution in [0.25, 0.3) is 0 Å². The van der Waals surface area contributed by atoms with Crippen molar-refractivity contribution in [2.24, 2.45) is 0 Å². The lowest BCUT2D eigenvalue weighted by Gasteiger charge is -2.31. The molecule has 0 atom stereocenters. The Balaban J connectivity index is 0.000000606. The van der Waals surface area contributed by atoms with E-state index in [0.717, 1.165) is 5.56 Å². The van der Waals surface area contributed by atoms with E-state index in [0.29, 0.717) is 25.7 Å². The molecule has 0 saturated heterocycles. The molecule has 16 heavy (non-hydrogen) atoms. The fraction of sp³-hybridized carbons (Fsp3) is 0.500. The van der Waals surface area contributed by atoms with Gasteiger partial charge in [-0.3, -0.25) is 4.79 Å². The van der Waals surface area contributed by atoms with Crippen molar-refractivity contribution >= 4 is 5.78 Å². The Kier molecular flexibility index (Phi) is 4.69. The summed E-state index contributed by atoms with van der Waals surface area (Å²) in [5, 5.41) is 10.3. The summed E-state index contributed by atoms with van der Waals surface area (Å²) in [6, 6.07) is 9.62. The molecule has 2 rings (SSSR count). The number of hydrogen-bond donors (Lipinski definition) is 1. The van der Waals surface area contributed by atoms with Crippen LogP contribution < -0.4 is 0 Å². The summed E-state index contributed by atoms with van der Waals surface area (Å²) < 4.78 is 0. The van der Waals surface area contributed by atoms with E-state index in [9.17, 15) is 9.90 Å². The van der Waals surface area contributed by atoms with Crippen LogP contribution in [0.2, 0.25) is 0 Å². The predicted octanol–water partition coefficient (Wildman–Crippen LogP) is 3.04. The lowest BCUT2D eigenvalue weighted by molar-refractivity contribution is -0.125. The maximum Gasteiger partial charge on any atom is 0.133 e. The zero-order valence-corrected chi connectivity index (χ0v) is 10.1. The first-order chi connectivity index (χ1) is 7.71. The third-order valence-corrected chi connectivity index (χ3v) is 2.95. The minimum Gasteiger partial charge on any atom is -0.385 e. The minimum absolute atomic E-state index is 0.269. The summed E-state index contributed by atoms with van der Waals surface area (Å²) in [5.41, 5.74) is 0.169. The van der Waals surface area contributed by atoms with E-state index in [4.69, 9.17) is 0 Å². The van der Waals surface area contributed by atoms with E-state index in [1.54, 1.807) is 0 Å². The Labute approximate surface area is 97.3 Å². The van der Waals surface area contributed by atoms with Gasteiger partial charge in [-0.1, -0.05) is 44.2 Å². The van der Waals surface area contributed by atoms with Crippen LogP contribution in [0.3, 0.4) is 0 Å². The number of Topliss-reactive ketones (excluding diaryl/α,β-unsaturated/α-hetero) is 1. The summed E-state index contributed by atoms with van der Waals surface area (Å²) in [6.07, 6.45) is 2.14. The van der Waals surface area contributed by atoms with Crippen LogP contribution in [0.15, 0.2) is 30.3 Å². The Morgan fingerprint density at radius 2 is 1.56 bits per heavy atom. The summed E-state index contributed by atoms with van der Waals surface area (Å²) in [7, 11) is 0. The molecule has 2 heteroatoms. The maximum absolute atomic E-state index is 11.1. The van der Waals surface area contributed by atoms with Gasteiger partial charge in [0.15, 0.2) is 0 Å². The van der Waals surface area contributed by atoms with Crippen LogP contribution in [0.5, 0.6) is 0 Å². The molecule has 1 aliphatic carbocycles. The third kappa shape index (κ3) is 2.92. The van der Waals surface area contributed by atoms with Gasteiger partial charge in [-0.15, -0.1) is 0 Å². The van der Waals surface area contributed by atoms with Crippen molar-refractivity contribution in [2.45, 2.75) is 45.1 Å². The molecule has 1 saturated carbocycles. The monoisotopic (exact) mass is 220 g/mol. The molecule has 0 bridgehead atoms. The number of benzene rings is 1. The Morgan fingerprint density at radius 1 is 1.06 bits per heavy atom. The molecule has 0 amide bonds. The normalized spacial score (nSPS) is 18.6. The molecule has 0 aromatic heterocycles. The van der Waals surface area contributed by atoms with Crippen molar-refractivity contribution in [1.82, 2.24) is 0 Å². The molecule has 0 heterocycles. The first-order valence-electron chi connectivity index (χ1n) is 6.00. The summed E-state index contributed by atoms with van der Waals surface area (Å²) in [6.45, 7) is 4.00. The lowest BCUT2D eigenvalue weighted by Crippen LogP contribution is -2.31. The first kappa shape index (κ1) is 12.9. The molecule has 0 spiro atoms.